The SMILES string of the molecule is Cn1c(Cl)cnc1CNc1cc(Cl)cc(C(F)(F)F)c1. The highest BCUT2D eigenvalue weighted by Crippen LogP contribution is 2.33. The molecule has 0 saturated heterocycles. The predicted molar refractivity (Wildman–Crippen MR) is 72.0 cm³/mol. The van der Waals surface area contributed by atoms with E-state index in [-0.39, 0.29) is 17.3 Å². The minimum atomic E-state index is -4.44. The van der Waals surface area contributed by atoms with Gasteiger partial charge in [-0.3, -0.25) is 0 Å². The Hall–Kier alpha value is -1.40. The van der Waals surface area contributed by atoms with E-state index in [1.807, 2.05) is 0 Å². The lowest BCUT2D eigenvalue weighted by atomic mass is 10.2. The molecule has 20 heavy (non-hydrogen) atoms. The molecule has 0 aliphatic carbocycles. The van der Waals surface area contributed by atoms with Crippen LogP contribution < -0.4 is 5.32 Å². The van der Waals surface area contributed by atoms with E-state index in [1.165, 1.54) is 12.3 Å². The molecule has 0 atom stereocenters. The zero-order chi connectivity index (χ0) is 14.9. The van der Waals surface area contributed by atoms with Gasteiger partial charge in [-0.1, -0.05) is 23.2 Å². The molecule has 3 nitrogen and oxygen atoms in total. The molecule has 0 bridgehead atoms. The molecule has 1 N–H and O–H groups in total. The summed E-state index contributed by atoms with van der Waals surface area (Å²) in [4.78, 5) is 4.04. The standard InChI is InChI=1S/C12H10Cl2F3N3/c1-20-10(14)5-19-11(20)6-18-9-3-7(12(15,16)17)2-8(13)4-9/h2-5,18H,6H2,1H3. The Labute approximate surface area is 123 Å². The van der Waals surface area contributed by atoms with Gasteiger partial charge in [-0.2, -0.15) is 13.2 Å². The van der Waals surface area contributed by atoms with Crippen LogP contribution >= 0.6 is 23.2 Å². The summed E-state index contributed by atoms with van der Waals surface area (Å²) in [5.74, 6) is 0.600. The van der Waals surface area contributed by atoms with Crippen LogP contribution in [0.2, 0.25) is 10.2 Å². The van der Waals surface area contributed by atoms with Crippen LogP contribution in [0, 0.1) is 0 Å². The summed E-state index contributed by atoms with van der Waals surface area (Å²) in [6.45, 7) is 0.237. The lowest BCUT2D eigenvalue weighted by Gasteiger charge is -2.11. The van der Waals surface area contributed by atoms with E-state index in [1.54, 1.807) is 11.6 Å². The van der Waals surface area contributed by atoms with Crippen molar-refractivity contribution in [2.75, 3.05) is 5.32 Å². The largest absolute Gasteiger partial charge is 0.416 e. The molecule has 0 fully saturated rings. The number of rotatable bonds is 3. The normalized spacial score (nSPS) is 11.7. The minimum absolute atomic E-state index is 0.0141. The van der Waals surface area contributed by atoms with E-state index in [0.29, 0.717) is 11.0 Å². The number of alkyl halides is 3. The molecule has 108 valence electrons. The minimum Gasteiger partial charge on any atom is -0.378 e. The second kappa shape index (κ2) is 5.54. The third-order valence-corrected chi connectivity index (χ3v) is 3.27. The van der Waals surface area contributed by atoms with Crippen molar-refractivity contribution in [3.63, 3.8) is 0 Å². The van der Waals surface area contributed by atoms with Crippen LogP contribution in [-0.4, -0.2) is 9.55 Å². The smallest absolute Gasteiger partial charge is 0.378 e. The monoisotopic (exact) mass is 323 g/mol. The second-order valence-corrected chi connectivity index (χ2v) is 4.96. The Balaban J connectivity index is 2.18. The average molecular weight is 324 g/mol. The van der Waals surface area contributed by atoms with Gasteiger partial charge in [0, 0.05) is 17.8 Å². The molecule has 0 unspecified atom stereocenters. The fourth-order valence-electron chi connectivity index (χ4n) is 1.62. The molecule has 1 aromatic heterocycles. The van der Waals surface area contributed by atoms with Crippen LogP contribution in [0.5, 0.6) is 0 Å². The molecule has 8 heteroatoms. The van der Waals surface area contributed by atoms with Crippen LogP contribution in [-0.2, 0) is 19.8 Å². The molecule has 0 radical (unpaired) electrons. The summed E-state index contributed by atoms with van der Waals surface area (Å²) >= 11 is 11.5. The topological polar surface area (TPSA) is 29.9 Å². The van der Waals surface area contributed by atoms with E-state index in [9.17, 15) is 13.2 Å². The molecule has 2 rings (SSSR count). The molecular formula is C12H10Cl2F3N3. The number of aromatic nitrogens is 2. The first-order valence-electron chi connectivity index (χ1n) is 5.55. The Morgan fingerprint density at radius 2 is 1.95 bits per heavy atom. The molecule has 2 aromatic rings. The van der Waals surface area contributed by atoms with Gasteiger partial charge in [-0.05, 0) is 18.2 Å². The van der Waals surface area contributed by atoms with Gasteiger partial charge < -0.3 is 9.88 Å². The van der Waals surface area contributed by atoms with Crippen LogP contribution in [0.25, 0.3) is 0 Å². The van der Waals surface area contributed by atoms with Crippen LogP contribution in [0.15, 0.2) is 24.4 Å². The number of nitrogens with one attached hydrogen (secondary N) is 1. The van der Waals surface area contributed by atoms with Gasteiger partial charge in [0.05, 0.1) is 18.3 Å². The molecule has 0 amide bonds. The van der Waals surface area contributed by atoms with E-state index in [4.69, 9.17) is 23.2 Å². The molecular weight excluding hydrogens is 314 g/mol. The average Bonchev–Trinajstić information content (AvgIpc) is 2.66. The first kappa shape index (κ1) is 15.0. The second-order valence-electron chi connectivity index (χ2n) is 4.14. The van der Waals surface area contributed by atoms with Crippen LogP contribution in [0.4, 0.5) is 18.9 Å². The van der Waals surface area contributed by atoms with Crippen molar-refractivity contribution in [3.8, 4) is 0 Å². The Bertz CT molecular complexity index is 623. The number of halogens is 5. The van der Waals surface area contributed by atoms with E-state index in [0.717, 1.165) is 12.1 Å². The van der Waals surface area contributed by atoms with Crippen LogP contribution in [0.3, 0.4) is 0 Å². The highest BCUT2D eigenvalue weighted by atomic mass is 35.5. The maximum absolute atomic E-state index is 12.7. The van der Waals surface area contributed by atoms with Crippen molar-refractivity contribution in [1.29, 1.82) is 0 Å². The van der Waals surface area contributed by atoms with Gasteiger partial charge in [0.15, 0.2) is 0 Å². The summed E-state index contributed by atoms with van der Waals surface area (Å²) in [5.41, 5.74) is -0.533. The summed E-state index contributed by atoms with van der Waals surface area (Å²) < 4.78 is 39.6. The lowest BCUT2D eigenvalue weighted by Crippen LogP contribution is -2.09. The number of hydrogen-bond acceptors (Lipinski definition) is 2. The first-order chi connectivity index (χ1) is 9.27. The van der Waals surface area contributed by atoms with Crippen molar-refractivity contribution < 1.29 is 13.2 Å². The van der Waals surface area contributed by atoms with Crippen molar-refractivity contribution in [2.45, 2.75) is 12.7 Å². The summed E-state index contributed by atoms with van der Waals surface area (Å²) in [6.07, 6.45) is -2.97. The lowest BCUT2D eigenvalue weighted by molar-refractivity contribution is -0.137. The van der Waals surface area contributed by atoms with Gasteiger partial charge in [0.25, 0.3) is 0 Å². The van der Waals surface area contributed by atoms with Gasteiger partial charge in [-0.15, -0.1) is 0 Å². The molecule has 0 saturated carbocycles. The molecule has 1 aromatic carbocycles. The van der Waals surface area contributed by atoms with Gasteiger partial charge >= 0.3 is 6.18 Å². The number of hydrogen-bond donors (Lipinski definition) is 1. The Kier molecular flexibility index (Phi) is 4.15. The van der Waals surface area contributed by atoms with Gasteiger partial charge in [0.1, 0.15) is 11.0 Å². The fourth-order valence-corrected chi connectivity index (χ4v) is 2.01. The number of nitrogens with zero attached hydrogens (tertiary/aromatic N) is 2. The number of imidazole rings is 1. The number of benzene rings is 1. The zero-order valence-electron chi connectivity index (χ0n) is 10.3. The first-order valence-corrected chi connectivity index (χ1v) is 6.30. The summed E-state index contributed by atoms with van der Waals surface area (Å²) in [7, 11) is 1.71. The van der Waals surface area contributed by atoms with Gasteiger partial charge in [-0.25, -0.2) is 4.98 Å². The fraction of sp³-hybridized carbons (Fsp3) is 0.250. The Morgan fingerprint density at radius 3 is 2.50 bits per heavy atom. The third-order valence-electron chi connectivity index (χ3n) is 2.70. The molecule has 0 aliphatic heterocycles. The van der Waals surface area contributed by atoms with Crippen LogP contribution in [0.1, 0.15) is 11.4 Å². The Morgan fingerprint density at radius 1 is 1.25 bits per heavy atom. The maximum atomic E-state index is 12.7. The summed E-state index contributed by atoms with van der Waals surface area (Å²) in [5, 5.41) is 3.30. The zero-order valence-corrected chi connectivity index (χ0v) is 11.8. The highest BCUT2D eigenvalue weighted by Gasteiger charge is 2.31. The van der Waals surface area contributed by atoms with E-state index >= 15 is 0 Å². The molecule has 1 heterocycles. The van der Waals surface area contributed by atoms with Crippen molar-refractivity contribution in [2.24, 2.45) is 7.05 Å². The van der Waals surface area contributed by atoms with Gasteiger partial charge in [0.2, 0.25) is 0 Å². The maximum Gasteiger partial charge on any atom is 0.416 e. The highest BCUT2D eigenvalue weighted by molar-refractivity contribution is 6.31. The third kappa shape index (κ3) is 3.37. The molecule has 0 aliphatic rings. The quantitative estimate of drug-likeness (QED) is 0.909. The van der Waals surface area contributed by atoms with E-state index < -0.39 is 11.7 Å². The summed E-state index contributed by atoms with van der Waals surface area (Å²) in [6, 6.07) is 3.29. The van der Waals surface area contributed by atoms with E-state index in [2.05, 4.69) is 10.3 Å². The van der Waals surface area contributed by atoms with Crippen molar-refractivity contribution in [3.05, 3.63) is 46.0 Å². The molecule has 0 spiro atoms. The number of anilines is 1. The van der Waals surface area contributed by atoms with Crippen molar-refractivity contribution in [1.82, 2.24) is 9.55 Å². The predicted octanol–water partition coefficient (Wildman–Crippen LogP) is 4.36. The van der Waals surface area contributed by atoms with Crippen molar-refractivity contribution >= 4 is 28.9 Å².